The Hall–Kier alpha value is -1.12. The van der Waals surface area contributed by atoms with Crippen LogP contribution < -0.4 is 5.32 Å². The van der Waals surface area contributed by atoms with Crippen LogP contribution in [-0.2, 0) is 13.0 Å². The minimum Gasteiger partial charge on any atom is -0.309 e. The monoisotopic (exact) mass is 257 g/mol. The lowest BCUT2D eigenvalue weighted by Crippen LogP contribution is -2.14. The van der Waals surface area contributed by atoms with Crippen molar-refractivity contribution < 1.29 is 0 Å². The summed E-state index contributed by atoms with van der Waals surface area (Å²) >= 11 is 1.91. The second-order valence-corrected chi connectivity index (χ2v) is 6.14. The predicted molar refractivity (Wildman–Crippen MR) is 79.0 cm³/mol. The van der Waals surface area contributed by atoms with Gasteiger partial charge in [-0.3, -0.25) is 0 Å². The zero-order chi connectivity index (χ0) is 12.4. The van der Waals surface area contributed by atoms with Crippen LogP contribution in [0.1, 0.15) is 30.2 Å². The summed E-state index contributed by atoms with van der Waals surface area (Å²) < 4.78 is 0. The van der Waals surface area contributed by atoms with Crippen molar-refractivity contribution in [2.24, 2.45) is 0 Å². The van der Waals surface area contributed by atoms with Gasteiger partial charge in [-0.05, 0) is 42.5 Å². The van der Waals surface area contributed by atoms with Gasteiger partial charge in [-0.25, -0.2) is 0 Å². The van der Waals surface area contributed by atoms with E-state index in [1.54, 1.807) is 0 Å². The second-order valence-electron chi connectivity index (χ2n) is 4.97. The maximum Gasteiger partial charge on any atom is 0.0346 e. The Kier molecular flexibility index (Phi) is 3.48. The minimum atomic E-state index is 0.791. The lowest BCUT2D eigenvalue weighted by atomic mass is 10.1. The largest absolute Gasteiger partial charge is 0.309 e. The molecule has 0 bridgehead atoms. The highest BCUT2D eigenvalue weighted by molar-refractivity contribution is 7.15. The Morgan fingerprint density at radius 3 is 2.56 bits per heavy atom. The van der Waals surface area contributed by atoms with Gasteiger partial charge in [-0.2, -0.15) is 0 Å². The maximum atomic E-state index is 3.57. The number of hydrogen-bond acceptors (Lipinski definition) is 2. The van der Waals surface area contributed by atoms with E-state index in [1.807, 2.05) is 11.3 Å². The maximum absolute atomic E-state index is 3.57. The molecule has 94 valence electrons. The zero-order valence-corrected chi connectivity index (χ0v) is 11.6. The summed E-state index contributed by atoms with van der Waals surface area (Å²) in [6.07, 6.45) is 3.83. The van der Waals surface area contributed by atoms with Gasteiger partial charge in [0.05, 0.1) is 0 Å². The summed E-state index contributed by atoms with van der Waals surface area (Å²) in [7, 11) is 0. The predicted octanol–water partition coefficient (Wildman–Crippen LogP) is 4.23. The fraction of sp³-hybridized carbons (Fsp3) is 0.375. The molecule has 0 spiro atoms. The van der Waals surface area contributed by atoms with Gasteiger partial charge in [-0.1, -0.05) is 31.2 Å². The molecule has 1 aromatic carbocycles. The molecule has 0 unspecified atom stereocenters. The molecular weight excluding hydrogens is 238 g/mol. The first-order valence-electron chi connectivity index (χ1n) is 6.76. The van der Waals surface area contributed by atoms with Crippen LogP contribution in [0.15, 0.2) is 36.4 Å². The normalized spacial score (nSPS) is 14.9. The van der Waals surface area contributed by atoms with Crippen LogP contribution in [0.25, 0.3) is 10.4 Å². The number of nitrogens with one attached hydrogen (secondary N) is 1. The third-order valence-electron chi connectivity index (χ3n) is 3.45. The average Bonchev–Trinajstić information content (AvgIpc) is 3.14. The van der Waals surface area contributed by atoms with Gasteiger partial charge in [0, 0.05) is 22.3 Å². The van der Waals surface area contributed by atoms with Gasteiger partial charge >= 0.3 is 0 Å². The van der Waals surface area contributed by atoms with E-state index in [2.05, 4.69) is 48.6 Å². The standard InChI is InChI=1S/C16H19NS/c1-2-12-3-5-13(6-4-12)16-10-9-15(18-16)11-17-14-7-8-14/h3-6,9-10,14,17H,2,7-8,11H2,1H3. The van der Waals surface area contributed by atoms with Crippen LogP contribution >= 0.6 is 11.3 Å². The van der Waals surface area contributed by atoms with Crippen molar-refractivity contribution in [1.82, 2.24) is 5.32 Å². The first kappa shape index (κ1) is 11.9. The second kappa shape index (κ2) is 5.25. The molecule has 0 amide bonds. The molecule has 1 nitrogen and oxygen atoms in total. The van der Waals surface area contributed by atoms with Crippen molar-refractivity contribution >= 4 is 11.3 Å². The van der Waals surface area contributed by atoms with E-state index < -0.39 is 0 Å². The summed E-state index contributed by atoms with van der Waals surface area (Å²) in [5.41, 5.74) is 2.75. The molecule has 1 aliphatic rings. The van der Waals surface area contributed by atoms with E-state index in [-0.39, 0.29) is 0 Å². The first-order valence-corrected chi connectivity index (χ1v) is 7.58. The smallest absolute Gasteiger partial charge is 0.0346 e. The molecular formula is C16H19NS. The van der Waals surface area contributed by atoms with Crippen LogP contribution in [0.3, 0.4) is 0 Å². The lowest BCUT2D eigenvalue weighted by Gasteiger charge is -2.00. The number of aryl methyl sites for hydroxylation is 1. The Labute approximate surface area is 113 Å². The SMILES string of the molecule is CCc1ccc(-c2ccc(CNC3CC3)s2)cc1. The van der Waals surface area contributed by atoms with E-state index in [0.717, 1.165) is 19.0 Å². The summed E-state index contributed by atoms with van der Waals surface area (Å²) in [5, 5.41) is 3.57. The molecule has 1 aliphatic carbocycles. The molecule has 2 aromatic rings. The quantitative estimate of drug-likeness (QED) is 0.845. The highest BCUT2D eigenvalue weighted by Gasteiger charge is 2.20. The van der Waals surface area contributed by atoms with Crippen LogP contribution in [0.5, 0.6) is 0 Å². The van der Waals surface area contributed by atoms with Gasteiger partial charge in [-0.15, -0.1) is 11.3 Å². The number of hydrogen-bond donors (Lipinski definition) is 1. The molecule has 0 atom stereocenters. The molecule has 18 heavy (non-hydrogen) atoms. The molecule has 0 saturated heterocycles. The molecule has 2 heteroatoms. The third-order valence-corrected chi connectivity index (χ3v) is 4.58. The fourth-order valence-corrected chi connectivity index (χ4v) is 3.03. The van der Waals surface area contributed by atoms with E-state index in [4.69, 9.17) is 0 Å². The lowest BCUT2D eigenvalue weighted by molar-refractivity contribution is 0.695. The van der Waals surface area contributed by atoms with Crippen LogP contribution in [-0.4, -0.2) is 6.04 Å². The van der Waals surface area contributed by atoms with Crippen molar-refractivity contribution in [3.8, 4) is 10.4 Å². The van der Waals surface area contributed by atoms with Crippen molar-refractivity contribution in [2.45, 2.75) is 38.8 Å². The van der Waals surface area contributed by atoms with E-state index in [1.165, 1.54) is 33.7 Å². The van der Waals surface area contributed by atoms with Crippen molar-refractivity contribution in [3.05, 3.63) is 46.8 Å². The fourth-order valence-electron chi connectivity index (χ4n) is 2.07. The summed E-state index contributed by atoms with van der Waals surface area (Å²) in [6, 6.07) is 14.2. The van der Waals surface area contributed by atoms with Crippen LogP contribution in [0.2, 0.25) is 0 Å². The summed E-state index contributed by atoms with van der Waals surface area (Å²) in [4.78, 5) is 2.82. The van der Waals surface area contributed by atoms with E-state index in [0.29, 0.717) is 0 Å². The number of rotatable bonds is 5. The van der Waals surface area contributed by atoms with Crippen LogP contribution in [0, 0.1) is 0 Å². The Balaban J connectivity index is 1.70. The summed E-state index contributed by atoms with van der Waals surface area (Å²) in [6.45, 7) is 3.23. The van der Waals surface area contributed by atoms with E-state index in [9.17, 15) is 0 Å². The minimum absolute atomic E-state index is 0.791. The highest BCUT2D eigenvalue weighted by Crippen LogP contribution is 2.29. The molecule has 0 aliphatic heterocycles. The van der Waals surface area contributed by atoms with Crippen LogP contribution in [0.4, 0.5) is 0 Å². The van der Waals surface area contributed by atoms with Gasteiger partial charge < -0.3 is 5.32 Å². The Bertz CT molecular complexity index is 508. The first-order chi connectivity index (χ1) is 8.85. The summed E-state index contributed by atoms with van der Waals surface area (Å²) in [5.74, 6) is 0. The van der Waals surface area contributed by atoms with Gasteiger partial charge in [0.25, 0.3) is 0 Å². The zero-order valence-electron chi connectivity index (χ0n) is 10.8. The van der Waals surface area contributed by atoms with Crippen molar-refractivity contribution in [1.29, 1.82) is 0 Å². The Morgan fingerprint density at radius 1 is 1.11 bits per heavy atom. The molecule has 1 aromatic heterocycles. The average molecular weight is 257 g/mol. The van der Waals surface area contributed by atoms with Crippen molar-refractivity contribution in [2.75, 3.05) is 0 Å². The molecule has 1 saturated carbocycles. The number of thiophene rings is 1. The molecule has 3 rings (SSSR count). The van der Waals surface area contributed by atoms with Crippen molar-refractivity contribution in [3.63, 3.8) is 0 Å². The topological polar surface area (TPSA) is 12.0 Å². The molecule has 1 heterocycles. The molecule has 0 radical (unpaired) electrons. The molecule has 1 N–H and O–H groups in total. The molecule has 1 fully saturated rings. The van der Waals surface area contributed by atoms with Gasteiger partial charge in [0.15, 0.2) is 0 Å². The Morgan fingerprint density at radius 2 is 1.89 bits per heavy atom. The van der Waals surface area contributed by atoms with E-state index >= 15 is 0 Å². The highest BCUT2D eigenvalue weighted by atomic mass is 32.1. The number of benzene rings is 1. The third kappa shape index (κ3) is 2.82. The van der Waals surface area contributed by atoms with Gasteiger partial charge in [0.1, 0.15) is 0 Å². The van der Waals surface area contributed by atoms with Gasteiger partial charge in [0.2, 0.25) is 0 Å².